The molecule has 2 aliphatic heterocycles. The molecule has 1 aromatic rings. The first-order chi connectivity index (χ1) is 11.6. The van der Waals surface area contributed by atoms with Gasteiger partial charge in [0.2, 0.25) is 0 Å². The lowest BCUT2D eigenvalue weighted by atomic mass is 9.85. The van der Waals surface area contributed by atoms with E-state index < -0.39 is 11.6 Å². The van der Waals surface area contributed by atoms with E-state index in [9.17, 15) is 13.6 Å². The quantitative estimate of drug-likeness (QED) is 0.917. The molecular weight excluding hydrogens is 314 g/mol. The molecular formula is C18H24F2N2O2. The van der Waals surface area contributed by atoms with Gasteiger partial charge in [-0.15, -0.1) is 0 Å². The topological polar surface area (TPSA) is 41.6 Å². The number of rotatable bonds is 4. The highest BCUT2D eigenvalue weighted by atomic mass is 19.2. The normalized spacial score (nSPS) is 21.9. The Kier molecular flexibility index (Phi) is 5.66. The number of hydrogen-bond donors (Lipinski definition) is 1. The van der Waals surface area contributed by atoms with Gasteiger partial charge < -0.3 is 15.0 Å². The van der Waals surface area contributed by atoms with Crippen LogP contribution in [0.5, 0.6) is 0 Å². The van der Waals surface area contributed by atoms with E-state index in [0.29, 0.717) is 30.4 Å². The number of amides is 2. The van der Waals surface area contributed by atoms with Gasteiger partial charge in [0.15, 0.2) is 11.6 Å². The van der Waals surface area contributed by atoms with E-state index in [1.807, 2.05) is 4.90 Å². The van der Waals surface area contributed by atoms with Crippen LogP contribution in [-0.4, -0.2) is 43.8 Å². The molecule has 2 fully saturated rings. The number of benzene rings is 1. The summed E-state index contributed by atoms with van der Waals surface area (Å²) in [6.07, 6.45) is 3.73. The van der Waals surface area contributed by atoms with Gasteiger partial charge in [0.1, 0.15) is 0 Å². The van der Waals surface area contributed by atoms with Gasteiger partial charge in [-0.2, -0.15) is 0 Å². The van der Waals surface area contributed by atoms with E-state index in [-0.39, 0.29) is 6.03 Å². The molecule has 2 amide bonds. The van der Waals surface area contributed by atoms with Crippen molar-refractivity contribution in [3.8, 4) is 0 Å². The van der Waals surface area contributed by atoms with E-state index in [0.717, 1.165) is 51.6 Å². The summed E-state index contributed by atoms with van der Waals surface area (Å²) in [7, 11) is 0. The Hall–Kier alpha value is -1.69. The summed E-state index contributed by atoms with van der Waals surface area (Å²) in [5.74, 6) is -0.457. The Morgan fingerprint density at radius 2 is 1.96 bits per heavy atom. The maximum atomic E-state index is 13.2. The standard InChI is InChI=1S/C18H24F2N2O2/c19-16-2-1-13(11-17(16)20)3-7-21-18(23)22-8-4-15(12-22)14-5-9-24-10-6-14/h1-2,11,14-15H,3-10,12H2,(H,21,23)/t15-/m0/s1. The minimum atomic E-state index is -0.849. The average molecular weight is 338 g/mol. The first-order valence-corrected chi connectivity index (χ1v) is 8.68. The van der Waals surface area contributed by atoms with E-state index in [2.05, 4.69) is 5.32 Å². The number of halogens is 2. The number of carbonyl (C=O) groups excluding carboxylic acids is 1. The van der Waals surface area contributed by atoms with Gasteiger partial charge >= 0.3 is 6.03 Å². The van der Waals surface area contributed by atoms with Crippen LogP contribution in [0.25, 0.3) is 0 Å². The molecule has 0 aliphatic carbocycles. The molecule has 1 aromatic carbocycles. The highest BCUT2D eigenvalue weighted by molar-refractivity contribution is 5.74. The number of hydrogen-bond acceptors (Lipinski definition) is 2. The fourth-order valence-corrected chi connectivity index (χ4v) is 3.66. The molecule has 132 valence electrons. The molecule has 2 saturated heterocycles. The van der Waals surface area contributed by atoms with Crippen LogP contribution in [0.3, 0.4) is 0 Å². The van der Waals surface area contributed by atoms with Crippen molar-refractivity contribution in [3.63, 3.8) is 0 Å². The van der Waals surface area contributed by atoms with Gasteiger partial charge in [-0.1, -0.05) is 6.07 Å². The molecule has 3 rings (SSSR count). The van der Waals surface area contributed by atoms with Crippen molar-refractivity contribution in [2.45, 2.75) is 25.7 Å². The predicted molar refractivity (Wildman–Crippen MR) is 86.7 cm³/mol. The molecule has 4 nitrogen and oxygen atoms in total. The molecule has 1 atom stereocenters. The second-order valence-corrected chi connectivity index (χ2v) is 6.67. The van der Waals surface area contributed by atoms with E-state index in [4.69, 9.17) is 4.74 Å². The van der Waals surface area contributed by atoms with Gasteiger partial charge in [0.05, 0.1) is 0 Å². The van der Waals surface area contributed by atoms with Crippen molar-refractivity contribution in [1.82, 2.24) is 10.2 Å². The minimum absolute atomic E-state index is 0.0628. The number of urea groups is 1. The summed E-state index contributed by atoms with van der Waals surface area (Å²) >= 11 is 0. The Balaban J connectivity index is 1.41. The van der Waals surface area contributed by atoms with Gasteiger partial charge in [0, 0.05) is 32.8 Å². The van der Waals surface area contributed by atoms with Gasteiger partial charge in [-0.05, 0) is 55.2 Å². The number of nitrogens with zero attached hydrogens (tertiary/aromatic N) is 1. The largest absolute Gasteiger partial charge is 0.381 e. The Bertz CT molecular complexity index is 576. The lowest BCUT2D eigenvalue weighted by Gasteiger charge is -2.27. The van der Waals surface area contributed by atoms with Crippen LogP contribution in [0.2, 0.25) is 0 Å². The molecule has 24 heavy (non-hydrogen) atoms. The number of carbonyl (C=O) groups is 1. The first kappa shape index (κ1) is 17.1. The summed E-state index contributed by atoms with van der Waals surface area (Å²) in [5, 5.41) is 2.88. The Morgan fingerprint density at radius 3 is 2.71 bits per heavy atom. The third kappa shape index (κ3) is 4.23. The summed E-state index contributed by atoms with van der Waals surface area (Å²) in [6.45, 7) is 3.69. The molecule has 0 saturated carbocycles. The van der Waals surface area contributed by atoms with Crippen molar-refractivity contribution >= 4 is 6.03 Å². The maximum absolute atomic E-state index is 13.2. The molecule has 0 spiro atoms. The molecule has 0 bridgehead atoms. The summed E-state index contributed by atoms with van der Waals surface area (Å²) in [6, 6.07) is 3.78. The van der Waals surface area contributed by atoms with Crippen LogP contribution in [0.15, 0.2) is 18.2 Å². The zero-order chi connectivity index (χ0) is 16.9. The van der Waals surface area contributed by atoms with Crippen molar-refractivity contribution in [2.75, 3.05) is 32.8 Å². The fraction of sp³-hybridized carbons (Fsp3) is 0.611. The van der Waals surface area contributed by atoms with Crippen molar-refractivity contribution in [1.29, 1.82) is 0 Å². The molecule has 6 heteroatoms. The second kappa shape index (κ2) is 7.92. The van der Waals surface area contributed by atoms with Crippen LogP contribution in [-0.2, 0) is 11.2 Å². The van der Waals surface area contributed by atoms with E-state index in [1.165, 1.54) is 6.07 Å². The zero-order valence-electron chi connectivity index (χ0n) is 13.8. The number of nitrogens with one attached hydrogen (secondary N) is 1. The lowest BCUT2D eigenvalue weighted by molar-refractivity contribution is 0.0484. The average Bonchev–Trinajstić information content (AvgIpc) is 3.09. The predicted octanol–water partition coefficient (Wildman–Crippen LogP) is 2.97. The Morgan fingerprint density at radius 1 is 1.17 bits per heavy atom. The second-order valence-electron chi connectivity index (χ2n) is 6.67. The molecule has 2 heterocycles. The van der Waals surface area contributed by atoms with E-state index >= 15 is 0 Å². The summed E-state index contributed by atoms with van der Waals surface area (Å²) in [5.41, 5.74) is 0.677. The molecule has 0 aromatic heterocycles. The van der Waals surface area contributed by atoms with Gasteiger partial charge in [-0.3, -0.25) is 0 Å². The third-order valence-corrected chi connectivity index (χ3v) is 5.12. The molecule has 2 aliphatic rings. The molecule has 1 N–H and O–H groups in total. The van der Waals surface area contributed by atoms with Crippen molar-refractivity contribution < 1.29 is 18.3 Å². The lowest BCUT2D eigenvalue weighted by Crippen LogP contribution is -2.40. The van der Waals surface area contributed by atoms with Gasteiger partial charge in [0.25, 0.3) is 0 Å². The van der Waals surface area contributed by atoms with Gasteiger partial charge in [-0.25, -0.2) is 13.6 Å². The smallest absolute Gasteiger partial charge is 0.317 e. The first-order valence-electron chi connectivity index (χ1n) is 8.68. The van der Waals surface area contributed by atoms with Crippen LogP contribution in [0.1, 0.15) is 24.8 Å². The Labute approximate surface area is 141 Å². The minimum Gasteiger partial charge on any atom is -0.381 e. The number of likely N-dealkylation sites (tertiary alicyclic amines) is 1. The highest BCUT2D eigenvalue weighted by Gasteiger charge is 2.32. The monoisotopic (exact) mass is 338 g/mol. The fourth-order valence-electron chi connectivity index (χ4n) is 3.66. The van der Waals surface area contributed by atoms with Crippen LogP contribution in [0.4, 0.5) is 13.6 Å². The van der Waals surface area contributed by atoms with Crippen molar-refractivity contribution in [3.05, 3.63) is 35.4 Å². The number of ether oxygens (including phenoxy) is 1. The summed E-state index contributed by atoms with van der Waals surface area (Å²) in [4.78, 5) is 14.1. The van der Waals surface area contributed by atoms with Crippen molar-refractivity contribution in [2.24, 2.45) is 11.8 Å². The highest BCUT2D eigenvalue weighted by Crippen LogP contribution is 2.31. The third-order valence-electron chi connectivity index (χ3n) is 5.12. The molecule has 0 unspecified atom stereocenters. The van der Waals surface area contributed by atoms with Crippen LogP contribution >= 0.6 is 0 Å². The zero-order valence-corrected chi connectivity index (χ0v) is 13.8. The SMILES string of the molecule is O=C(NCCc1ccc(F)c(F)c1)N1CC[C@H](C2CCOCC2)C1. The maximum Gasteiger partial charge on any atom is 0.317 e. The summed E-state index contributed by atoms with van der Waals surface area (Å²) < 4.78 is 31.4. The van der Waals surface area contributed by atoms with Crippen LogP contribution in [0, 0.1) is 23.5 Å². The molecule has 0 radical (unpaired) electrons. The van der Waals surface area contributed by atoms with Crippen LogP contribution < -0.4 is 5.32 Å². The van der Waals surface area contributed by atoms with E-state index in [1.54, 1.807) is 6.07 Å².